The van der Waals surface area contributed by atoms with Crippen molar-refractivity contribution in [3.05, 3.63) is 69.1 Å². The van der Waals surface area contributed by atoms with Gasteiger partial charge in [0.1, 0.15) is 5.02 Å². The number of carbonyl (C=O) groups is 1. The number of halogens is 1. The molecule has 1 saturated heterocycles. The molecule has 23 heavy (non-hydrogen) atoms. The number of aromatic nitrogens is 1. The van der Waals surface area contributed by atoms with Crippen molar-refractivity contribution in [1.29, 1.82) is 0 Å². The Kier molecular flexibility index (Phi) is 4.79. The maximum Gasteiger partial charge on any atom is 0.266 e. The molecule has 120 valence electrons. The van der Waals surface area contributed by atoms with Crippen molar-refractivity contribution in [2.45, 2.75) is 6.54 Å². The summed E-state index contributed by atoms with van der Waals surface area (Å²) in [5.74, 6) is -0.0949. The molecule has 3 rings (SSSR count). The van der Waals surface area contributed by atoms with Crippen LogP contribution >= 0.6 is 11.6 Å². The first kappa shape index (κ1) is 15.8. The van der Waals surface area contributed by atoms with Crippen LogP contribution in [0.25, 0.3) is 0 Å². The minimum absolute atomic E-state index is 0.0403. The lowest BCUT2D eigenvalue weighted by Gasteiger charge is -2.34. The molecule has 1 aromatic heterocycles. The number of piperazine rings is 1. The Morgan fingerprint density at radius 1 is 1.13 bits per heavy atom. The lowest BCUT2D eigenvalue weighted by Crippen LogP contribution is -2.48. The lowest BCUT2D eigenvalue weighted by molar-refractivity contribution is 0.0628. The highest BCUT2D eigenvalue weighted by molar-refractivity contribution is 6.30. The minimum atomic E-state index is -0.379. The summed E-state index contributed by atoms with van der Waals surface area (Å²) in [5, 5.41) is 0.0403. The maximum absolute atomic E-state index is 12.5. The number of benzene rings is 1. The Hall–Kier alpha value is -2.11. The molecule has 0 aliphatic carbocycles. The van der Waals surface area contributed by atoms with Gasteiger partial charge in [0.05, 0.1) is 5.56 Å². The normalized spacial score (nSPS) is 15.6. The second-order valence-corrected chi connectivity index (χ2v) is 6.03. The van der Waals surface area contributed by atoms with E-state index in [0.717, 1.165) is 19.6 Å². The highest BCUT2D eigenvalue weighted by Crippen LogP contribution is 2.12. The second kappa shape index (κ2) is 6.98. The van der Waals surface area contributed by atoms with Gasteiger partial charge in [0.2, 0.25) is 0 Å². The number of pyridine rings is 1. The first-order chi connectivity index (χ1) is 11.1. The van der Waals surface area contributed by atoms with Gasteiger partial charge >= 0.3 is 0 Å². The van der Waals surface area contributed by atoms with Gasteiger partial charge in [-0.1, -0.05) is 41.9 Å². The predicted molar refractivity (Wildman–Crippen MR) is 89.7 cm³/mol. The van der Waals surface area contributed by atoms with Gasteiger partial charge in [0.15, 0.2) is 0 Å². The van der Waals surface area contributed by atoms with E-state index in [9.17, 15) is 9.59 Å². The van der Waals surface area contributed by atoms with E-state index in [1.165, 1.54) is 17.8 Å². The van der Waals surface area contributed by atoms with Crippen LogP contribution in [0.5, 0.6) is 0 Å². The van der Waals surface area contributed by atoms with Crippen LogP contribution in [-0.2, 0) is 6.54 Å². The number of aromatic amines is 1. The zero-order valence-electron chi connectivity index (χ0n) is 12.7. The fourth-order valence-corrected chi connectivity index (χ4v) is 2.88. The van der Waals surface area contributed by atoms with Crippen LogP contribution in [0.3, 0.4) is 0 Å². The SMILES string of the molecule is O=C(c1c[nH]c(=O)c(Cl)c1)N1CCN(Cc2ccccc2)CC1. The third kappa shape index (κ3) is 3.81. The number of H-pyrrole nitrogens is 1. The average molecular weight is 332 g/mol. The topological polar surface area (TPSA) is 56.4 Å². The number of amides is 1. The molecule has 1 aromatic carbocycles. The van der Waals surface area contributed by atoms with Crippen LogP contribution in [-0.4, -0.2) is 46.9 Å². The van der Waals surface area contributed by atoms with Gasteiger partial charge in [-0.3, -0.25) is 14.5 Å². The van der Waals surface area contributed by atoms with Crippen LogP contribution in [0.15, 0.2) is 47.4 Å². The summed E-state index contributed by atoms with van der Waals surface area (Å²) in [6, 6.07) is 11.7. The van der Waals surface area contributed by atoms with Crippen LogP contribution in [0, 0.1) is 0 Å². The molecule has 0 spiro atoms. The quantitative estimate of drug-likeness (QED) is 0.935. The summed E-state index contributed by atoms with van der Waals surface area (Å²) < 4.78 is 0. The van der Waals surface area contributed by atoms with Crippen molar-refractivity contribution < 1.29 is 4.79 Å². The van der Waals surface area contributed by atoms with Crippen molar-refractivity contribution >= 4 is 17.5 Å². The van der Waals surface area contributed by atoms with E-state index < -0.39 is 0 Å². The van der Waals surface area contributed by atoms with E-state index in [2.05, 4.69) is 22.0 Å². The van der Waals surface area contributed by atoms with Gasteiger partial charge < -0.3 is 9.88 Å². The highest BCUT2D eigenvalue weighted by atomic mass is 35.5. The summed E-state index contributed by atoms with van der Waals surface area (Å²) in [6.07, 6.45) is 1.42. The molecule has 2 heterocycles. The summed E-state index contributed by atoms with van der Waals surface area (Å²) >= 11 is 5.79. The summed E-state index contributed by atoms with van der Waals surface area (Å²) in [7, 11) is 0. The molecule has 0 unspecified atom stereocenters. The summed E-state index contributed by atoms with van der Waals surface area (Å²) in [4.78, 5) is 30.3. The molecule has 1 aliphatic rings. The lowest BCUT2D eigenvalue weighted by atomic mass is 10.2. The molecule has 0 atom stereocenters. The third-order valence-electron chi connectivity index (χ3n) is 4.01. The van der Waals surface area contributed by atoms with E-state index in [-0.39, 0.29) is 16.5 Å². The molecule has 0 bridgehead atoms. The van der Waals surface area contributed by atoms with Gasteiger partial charge in [-0.05, 0) is 11.6 Å². The summed E-state index contributed by atoms with van der Waals surface area (Å²) in [6.45, 7) is 3.90. The third-order valence-corrected chi connectivity index (χ3v) is 4.29. The number of carbonyl (C=O) groups excluding carboxylic acids is 1. The monoisotopic (exact) mass is 331 g/mol. The Labute approximate surface area is 139 Å². The zero-order valence-corrected chi connectivity index (χ0v) is 13.4. The van der Waals surface area contributed by atoms with E-state index in [1.54, 1.807) is 4.90 Å². The van der Waals surface area contributed by atoms with Gasteiger partial charge in [-0.2, -0.15) is 0 Å². The van der Waals surface area contributed by atoms with Gasteiger partial charge in [0.25, 0.3) is 11.5 Å². The number of rotatable bonds is 3. The summed E-state index contributed by atoms with van der Waals surface area (Å²) in [5.41, 5.74) is 1.32. The Morgan fingerprint density at radius 3 is 2.48 bits per heavy atom. The predicted octanol–water partition coefficient (Wildman–Crippen LogP) is 1.99. The molecule has 0 radical (unpaired) electrons. The first-order valence-electron chi connectivity index (χ1n) is 7.57. The van der Waals surface area contributed by atoms with Crippen molar-refractivity contribution in [2.75, 3.05) is 26.2 Å². The number of hydrogen-bond acceptors (Lipinski definition) is 3. The molecule has 2 aromatic rings. The van der Waals surface area contributed by atoms with Crippen molar-refractivity contribution in [1.82, 2.24) is 14.8 Å². The largest absolute Gasteiger partial charge is 0.336 e. The molecule has 1 aliphatic heterocycles. The van der Waals surface area contributed by atoms with Crippen LogP contribution < -0.4 is 5.56 Å². The van der Waals surface area contributed by atoms with Gasteiger partial charge in [-0.15, -0.1) is 0 Å². The van der Waals surface area contributed by atoms with Crippen molar-refractivity contribution in [2.24, 2.45) is 0 Å². The molecule has 1 N–H and O–H groups in total. The smallest absolute Gasteiger partial charge is 0.266 e. The van der Waals surface area contributed by atoms with Crippen molar-refractivity contribution in [3.63, 3.8) is 0 Å². The van der Waals surface area contributed by atoms with Gasteiger partial charge in [0, 0.05) is 38.9 Å². The van der Waals surface area contributed by atoms with E-state index in [4.69, 9.17) is 11.6 Å². The molecular formula is C17H18ClN3O2. The Morgan fingerprint density at radius 2 is 1.83 bits per heavy atom. The molecule has 0 saturated carbocycles. The fourth-order valence-electron chi connectivity index (χ4n) is 2.71. The number of hydrogen-bond donors (Lipinski definition) is 1. The molecule has 6 heteroatoms. The molecule has 5 nitrogen and oxygen atoms in total. The molecule has 1 amide bonds. The first-order valence-corrected chi connectivity index (χ1v) is 7.95. The highest BCUT2D eigenvalue weighted by Gasteiger charge is 2.22. The molecule has 1 fully saturated rings. The van der Waals surface area contributed by atoms with Crippen LogP contribution in [0.1, 0.15) is 15.9 Å². The number of nitrogens with zero attached hydrogens (tertiary/aromatic N) is 2. The Balaban J connectivity index is 1.59. The van der Waals surface area contributed by atoms with Crippen molar-refractivity contribution in [3.8, 4) is 0 Å². The Bertz CT molecular complexity index is 737. The number of nitrogens with one attached hydrogen (secondary N) is 1. The van der Waals surface area contributed by atoms with Crippen LogP contribution in [0.2, 0.25) is 5.02 Å². The molecular weight excluding hydrogens is 314 g/mol. The van der Waals surface area contributed by atoms with Gasteiger partial charge in [-0.25, -0.2) is 0 Å². The second-order valence-electron chi connectivity index (χ2n) is 5.62. The average Bonchev–Trinajstić information content (AvgIpc) is 2.58. The minimum Gasteiger partial charge on any atom is -0.336 e. The van der Waals surface area contributed by atoms with Crippen LogP contribution in [0.4, 0.5) is 0 Å². The van der Waals surface area contributed by atoms with E-state index >= 15 is 0 Å². The van der Waals surface area contributed by atoms with E-state index in [0.29, 0.717) is 18.7 Å². The standard InChI is InChI=1S/C17H18ClN3O2/c18-15-10-14(11-19-16(15)22)17(23)21-8-6-20(7-9-21)12-13-4-2-1-3-5-13/h1-5,10-11H,6-9,12H2,(H,19,22). The van der Waals surface area contributed by atoms with E-state index in [1.807, 2.05) is 18.2 Å². The zero-order chi connectivity index (χ0) is 16.2. The maximum atomic E-state index is 12.5. The fraction of sp³-hybridized carbons (Fsp3) is 0.294.